The molecule has 1 atom stereocenters. The van der Waals surface area contributed by atoms with Gasteiger partial charge in [0.15, 0.2) is 0 Å². The molecule has 3 aromatic heterocycles. The third kappa shape index (κ3) is 4.47. The minimum Gasteiger partial charge on any atom is -0.365 e. The lowest BCUT2D eigenvalue weighted by molar-refractivity contribution is 0.624. The van der Waals surface area contributed by atoms with Crippen LogP contribution >= 0.6 is 22.9 Å². The van der Waals surface area contributed by atoms with Gasteiger partial charge in [-0.15, -0.1) is 11.3 Å². The number of allylic oxidation sites excluding steroid dienone is 2. The average Bonchev–Trinajstić information content (AvgIpc) is 3.06. The van der Waals surface area contributed by atoms with Crippen LogP contribution in [0.4, 0.5) is 5.82 Å². The standard InChI is InChI=1S/C19H19ClN4S.C2H6/c1-12-15-17(25-16(12)14-5-3-2-4-6-14)18(24-19(20)23-15)22-11-13-7-9-21-10-8-13;1-2/h2-3,7-10,14H,4-6,11H2,1H3,(H,22,23,24);1-2H3. The summed E-state index contributed by atoms with van der Waals surface area (Å²) in [5.74, 6) is 1.40. The molecule has 0 spiro atoms. The molecule has 0 aromatic carbocycles. The zero-order valence-electron chi connectivity index (χ0n) is 16.0. The summed E-state index contributed by atoms with van der Waals surface area (Å²) in [7, 11) is 0. The monoisotopic (exact) mass is 400 g/mol. The van der Waals surface area contributed by atoms with Crippen LogP contribution in [0.2, 0.25) is 5.28 Å². The van der Waals surface area contributed by atoms with E-state index in [9.17, 15) is 0 Å². The normalized spacial score (nSPS) is 16.1. The van der Waals surface area contributed by atoms with Crippen LogP contribution in [0.15, 0.2) is 36.7 Å². The van der Waals surface area contributed by atoms with Crippen LogP contribution in [0.5, 0.6) is 0 Å². The van der Waals surface area contributed by atoms with Crippen molar-refractivity contribution >= 4 is 39.0 Å². The van der Waals surface area contributed by atoms with Gasteiger partial charge in [0, 0.05) is 23.8 Å². The Morgan fingerprint density at radius 2 is 1.96 bits per heavy atom. The lowest BCUT2D eigenvalue weighted by Gasteiger charge is -2.16. The number of fused-ring (bicyclic) bond motifs is 1. The zero-order valence-corrected chi connectivity index (χ0v) is 17.6. The van der Waals surface area contributed by atoms with Gasteiger partial charge >= 0.3 is 0 Å². The molecule has 0 saturated heterocycles. The number of nitrogens with zero attached hydrogens (tertiary/aromatic N) is 3. The predicted octanol–water partition coefficient (Wildman–Crippen LogP) is 6.51. The summed E-state index contributed by atoms with van der Waals surface area (Å²) in [6.07, 6.45) is 11.6. The van der Waals surface area contributed by atoms with Gasteiger partial charge in [0.05, 0.1) is 10.2 Å². The Hall–Kier alpha value is -1.98. The summed E-state index contributed by atoms with van der Waals surface area (Å²) < 4.78 is 1.10. The van der Waals surface area contributed by atoms with Crippen molar-refractivity contribution in [3.05, 3.63) is 58.0 Å². The number of pyridine rings is 1. The van der Waals surface area contributed by atoms with Gasteiger partial charge in [-0.05, 0) is 67.0 Å². The van der Waals surface area contributed by atoms with E-state index >= 15 is 0 Å². The lowest BCUT2D eigenvalue weighted by Crippen LogP contribution is -2.02. The first-order chi connectivity index (χ1) is 13.2. The number of hydrogen-bond donors (Lipinski definition) is 1. The van der Waals surface area contributed by atoms with Crippen LogP contribution in [-0.2, 0) is 6.54 Å². The number of nitrogens with one attached hydrogen (secondary N) is 1. The minimum atomic E-state index is 0.292. The van der Waals surface area contributed by atoms with Crippen molar-refractivity contribution in [2.24, 2.45) is 0 Å². The second-order valence-corrected chi connectivity index (χ2v) is 7.69. The van der Waals surface area contributed by atoms with Crippen LogP contribution in [0.1, 0.15) is 55.0 Å². The van der Waals surface area contributed by atoms with Gasteiger partial charge in [-0.2, -0.15) is 4.98 Å². The molecule has 4 rings (SSSR count). The maximum absolute atomic E-state index is 6.19. The molecule has 6 heteroatoms. The summed E-state index contributed by atoms with van der Waals surface area (Å²) in [5, 5.41) is 3.71. The molecule has 0 bridgehead atoms. The molecule has 0 aliphatic heterocycles. The molecule has 0 radical (unpaired) electrons. The number of aromatic nitrogens is 3. The summed E-state index contributed by atoms with van der Waals surface area (Å²) in [6.45, 7) is 6.84. The van der Waals surface area contributed by atoms with Crippen molar-refractivity contribution in [3.8, 4) is 0 Å². The Labute approximate surface area is 169 Å². The molecule has 0 amide bonds. The van der Waals surface area contributed by atoms with Crippen LogP contribution in [0, 0.1) is 6.92 Å². The molecule has 1 aliphatic rings. The van der Waals surface area contributed by atoms with Gasteiger partial charge in [-0.1, -0.05) is 26.0 Å². The maximum atomic E-state index is 6.19. The minimum absolute atomic E-state index is 0.292. The molecule has 3 heterocycles. The van der Waals surface area contributed by atoms with E-state index in [0.29, 0.717) is 17.7 Å². The third-order valence-corrected chi connectivity index (χ3v) is 6.24. The average molecular weight is 401 g/mol. The van der Waals surface area contributed by atoms with Crippen LogP contribution in [-0.4, -0.2) is 15.0 Å². The van der Waals surface area contributed by atoms with E-state index in [1.54, 1.807) is 12.4 Å². The van der Waals surface area contributed by atoms with Gasteiger partial charge in [-0.25, -0.2) is 4.98 Å². The first-order valence-electron chi connectivity index (χ1n) is 9.46. The SMILES string of the molecule is CC.Cc1c(C2CC=CCC2)sc2c(NCc3ccncc3)nc(Cl)nc12. The fourth-order valence-corrected chi connectivity index (χ4v) is 4.83. The molecule has 27 heavy (non-hydrogen) atoms. The summed E-state index contributed by atoms with van der Waals surface area (Å²) in [4.78, 5) is 14.4. The number of aryl methyl sites for hydroxylation is 1. The Morgan fingerprint density at radius 3 is 2.67 bits per heavy atom. The summed E-state index contributed by atoms with van der Waals surface area (Å²) in [5.41, 5.74) is 3.38. The smallest absolute Gasteiger partial charge is 0.224 e. The highest BCUT2D eigenvalue weighted by molar-refractivity contribution is 7.20. The molecule has 0 saturated carbocycles. The molecular formula is C21H25ClN4S. The molecular weight excluding hydrogens is 376 g/mol. The van der Waals surface area contributed by atoms with E-state index in [4.69, 9.17) is 11.6 Å². The van der Waals surface area contributed by atoms with Crippen molar-refractivity contribution in [1.82, 2.24) is 15.0 Å². The summed E-state index contributed by atoms with van der Waals surface area (Å²) >= 11 is 8.00. The van der Waals surface area contributed by atoms with Gasteiger partial charge in [0.25, 0.3) is 0 Å². The second-order valence-electron chi connectivity index (χ2n) is 6.30. The van der Waals surface area contributed by atoms with Crippen LogP contribution in [0.3, 0.4) is 0 Å². The highest BCUT2D eigenvalue weighted by atomic mass is 35.5. The van der Waals surface area contributed by atoms with E-state index in [1.165, 1.54) is 16.9 Å². The van der Waals surface area contributed by atoms with Crippen molar-refractivity contribution < 1.29 is 0 Å². The predicted molar refractivity (Wildman–Crippen MR) is 116 cm³/mol. The van der Waals surface area contributed by atoms with Crippen molar-refractivity contribution in [2.75, 3.05) is 5.32 Å². The second kappa shape index (κ2) is 9.29. The zero-order chi connectivity index (χ0) is 19.2. The highest BCUT2D eigenvalue weighted by Crippen LogP contribution is 2.42. The Bertz CT molecular complexity index is 921. The van der Waals surface area contributed by atoms with Crippen molar-refractivity contribution in [3.63, 3.8) is 0 Å². The Balaban J connectivity index is 0.00000102. The molecule has 3 aromatic rings. The van der Waals surface area contributed by atoms with Gasteiger partial charge in [0.1, 0.15) is 5.82 Å². The Morgan fingerprint density at radius 1 is 1.19 bits per heavy atom. The van der Waals surface area contributed by atoms with E-state index in [-0.39, 0.29) is 0 Å². The number of rotatable bonds is 4. The number of thiophene rings is 1. The quantitative estimate of drug-likeness (QED) is 0.400. The highest BCUT2D eigenvalue weighted by Gasteiger charge is 2.22. The molecule has 1 unspecified atom stereocenters. The maximum Gasteiger partial charge on any atom is 0.224 e. The molecule has 142 valence electrons. The number of hydrogen-bond acceptors (Lipinski definition) is 5. The van der Waals surface area contributed by atoms with E-state index in [1.807, 2.05) is 37.3 Å². The first kappa shape index (κ1) is 19.8. The number of anilines is 1. The van der Waals surface area contributed by atoms with E-state index in [2.05, 4.69) is 39.3 Å². The van der Waals surface area contributed by atoms with Crippen molar-refractivity contribution in [1.29, 1.82) is 0 Å². The van der Waals surface area contributed by atoms with Crippen molar-refractivity contribution in [2.45, 2.75) is 52.5 Å². The third-order valence-electron chi connectivity index (χ3n) is 4.62. The summed E-state index contributed by atoms with van der Waals surface area (Å²) in [6, 6.07) is 3.99. The van der Waals surface area contributed by atoms with Gasteiger partial charge in [-0.3, -0.25) is 4.98 Å². The first-order valence-corrected chi connectivity index (χ1v) is 10.7. The largest absolute Gasteiger partial charge is 0.365 e. The molecule has 1 N–H and O–H groups in total. The van der Waals surface area contributed by atoms with Gasteiger partial charge < -0.3 is 5.32 Å². The fourth-order valence-electron chi connectivity index (χ4n) is 3.30. The Kier molecular flexibility index (Phi) is 6.80. The molecule has 0 fully saturated rings. The van der Waals surface area contributed by atoms with E-state index in [0.717, 1.165) is 34.4 Å². The van der Waals surface area contributed by atoms with Crippen LogP contribution in [0.25, 0.3) is 10.2 Å². The topological polar surface area (TPSA) is 50.7 Å². The van der Waals surface area contributed by atoms with Gasteiger partial charge in [0.2, 0.25) is 5.28 Å². The van der Waals surface area contributed by atoms with E-state index < -0.39 is 0 Å². The lowest BCUT2D eigenvalue weighted by atomic mass is 9.91. The van der Waals surface area contributed by atoms with Crippen LogP contribution < -0.4 is 5.32 Å². The molecule has 4 nitrogen and oxygen atoms in total. The number of halogens is 1. The molecule has 1 aliphatic carbocycles. The fraction of sp³-hybridized carbons (Fsp3) is 0.381.